The van der Waals surface area contributed by atoms with Crippen molar-refractivity contribution in [3.63, 3.8) is 0 Å². The molecule has 2 aromatic carbocycles. The van der Waals surface area contributed by atoms with E-state index in [0.29, 0.717) is 0 Å². The summed E-state index contributed by atoms with van der Waals surface area (Å²) in [6, 6.07) is 12.6. The number of nitrogens with two attached hydrogens (primary N) is 1. The standard InChI is InChI=1S/C14H14FIN2/c1-9-4-2-3-5-11(9)14(18-17)12-7-6-10(15)8-13(12)16/h2-8,14,18H,17H2,1H3. The fourth-order valence-corrected chi connectivity index (χ4v) is 2.78. The molecule has 1 atom stereocenters. The molecule has 0 aliphatic carbocycles. The topological polar surface area (TPSA) is 38.0 Å². The molecule has 0 fully saturated rings. The molecular weight excluding hydrogens is 342 g/mol. The Morgan fingerprint density at radius 2 is 1.89 bits per heavy atom. The summed E-state index contributed by atoms with van der Waals surface area (Å²) < 4.78 is 14.0. The van der Waals surface area contributed by atoms with Crippen LogP contribution in [0.15, 0.2) is 42.5 Å². The lowest BCUT2D eigenvalue weighted by Crippen LogP contribution is -2.30. The predicted octanol–water partition coefficient (Wildman–Crippen LogP) is 3.29. The van der Waals surface area contributed by atoms with Gasteiger partial charge in [0, 0.05) is 3.57 Å². The quantitative estimate of drug-likeness (QED) is 0.503. The molecule has 2 nitrogen and oxygen atoms in total. The van der Waals surface area contributed by atoms with E-state index in [0.717, 1.165) is 20.3 Å². The van der Waals surface area contributed by atoms with Gasteiger partial charge in [0.1, 0.15) is 5.82 Å². The minimum atomic E-state index is -0.233. The maximum absolute atomic E-state index is 13.1. The van der Waals surface area contributed by atoms with Crippen LogP contribution in [0.3, 0.4) is 0 Å². The van der Waals surface area contributed by atoms with Gasteiger partial charge in [-0.15, -0.1) is 0 Å². The highest BCUT2D eigenvalue weighted by molar-refractivity contribution is 14.1. The zero-order valence-corrected chi connectivity index (χ0v) is 12.1. The molecule has 0 saturated heterocycles. The van der Waals surface area contributed by atoms with E-state index in [1.165, 1.54) is 12.1 Å². The van der Waals surface area contributed by atoms with Gasteiger partial charge >= 0.3 is 0 Å². The van der Waals surface area contributed by atoms with E-state index in [4.69, 9.17) is 5.84 Å². The van der Waals surface area contributed by atoms with Gasteiger partial charge in [-0.2, -0.15) is 0 Å². The van der Waals surface area contributed by atoms with Gasteiger partial charge in [-0.3, -0.25) is 5.84 Å². The third-order valence-corrected chi connectivity index (χ3v) is 3.87. The molecule has 0 saturated carbocycles. The highest BCUT2D eigenvalue weighted by Crippen LogP contribution is 2.28. The third-order valence-electron chi connectivity index (χ3n) is 2.94. The minimum Gasteiger partial charge on any atom is -0.271 e. The molecule has 0 spiro atoms. The summed E-state index contributed by atoms with van der Waals surface area (Å²) >= 11 is 2.13. The first-order chi connectivity index (χ1) is 8.63. The number of nitrogens with one attached hydrogen (secondary N) is 1. The van der Waals surface area contributed by atoms with Crippen LogP contribution in [-0.4, -0.2) is 0 Å². The fourth-order valence-electron chi connectivity index (χ4n) is 1.99. The third kappa shape index (κ3) is 2.71. The monoisotopic (exact) mass is 356 g/mol. The van der Waals surface area contributed by atoms with Crippen molar-refractivity contribution in [1.29, 1.82) is 0 Å². The first kappa shape index (κ1) is 13.5. The molecule has 94 valence electrons. The summed E-state index contributed by atoms with van der Waals surface area (Å²) in [6.07, 6.45) is 0. The maximum Gasteiger partial charge on any atom is 0.124 e. The summed E-state index contributed by atoms with van der Waals surface area (Å²) in [5.74, 6) is 5.43. The summed E-state index contributed by atoms with van der Waals surface area (Å²) in [5, 5.41) is 0. The molecule has 1 unspecified atom stereocenters. The number of halogens is 2. The molecule has 3 N–H and O–H groups in total. The highest BCUT2D eigenvalue weighted by atomic mass is 127. The fraction of sp³-hybridized carbons (Fsp3) is 0.143. The Hall–Kier alpha value is -0.980. The largest absolute Gasteiger partial charge is 0.271 e. The van der Waals surface area contributed by atoms with Gasteiger partial charge in [0.25, 0.3) is 0 Å². The molecule has 0 aliphatic rings. The van der Waals surface area contributed by atoms with Crippen molar-refractivity contribution in [2.24, 2.45) is 5.84 Å². The Morgan fingerprint density at radius 3 is 2.50 bits per heavy atom. The van der Waals surface area contributed by atoms with Crippen LogP contribution in [-0.2, 0) is 0 Å². The van der Waals surface area contributed by atoms with Crippen molar-refractivity contribution in [2.45, 2.75) is 13.0 Å². The van der Waals surface area contributed by atoms with Gasteiger partial charge in [0.15, 0.2) is 0 Å². The summed E-state index contributed by atoms with van der Waals surface area (Å²) in [6.45, 7) is 2.04. The van der Waals surface area contributed by atoms with E-state index in [-0.39, 0.29) is 11.9 Å². The van der Waals surface area contributed by atoms with Gasteiger partial charge in [0.05, 0.1) is 6.04 Å². The van der Waals surface area contributed by atoms with Crippen LogP contribution in [0.4, 0.5) is 4.39 Å². The molecule has 0 heterocycles. The second kappa shape index (κ2) is 5.77. The van der Waals surface area contributed by atoms with Crippen molar-refractivity contribution < 1.29 is 4.39 Å². The smallest absolute Gasteiger partial charge is 0.124 e. The minimum absolute atomic E-state index is 0.126. The average Bonchev–Trinajstić information content (AvgIpc) is 2.34. The Bertz CT molecular complexity index is 557. The Balaban J connectivity index is 2.49. The number of aryl methyl sites for hydroxylation is 1. The lowest BCUT2D eigenvalue weighted by atomic mass is 9.95. The van der Waals surface area contributed by atoms with Crippen LogP contribution in [0, 0.1) is 16.3 Å². The van der Waals surface area contributed by atoms with Crippen molar-refractivity contribution in [3.05, 3.63) is 68.5 Å². The average molecular weight is 356 g/mol. The van der Waals surface area contributed by atoms with E-state index in [1.807, 2.05) is 31.2 Å². The lowest BCUT2D eigenvalue weighted by molar-refractivity contribution is 0.611. The van der Waals surface area contributed by atoms with Crippen molar-refractivity contribution in [1.82, 2.24) is 5.43 Å². The lowest BCUT2D eigenvalue weighted by Gasteiger charge is -2.20. The maximum atomic E-state index is 13.1. The second-order valence-corrected chi connectivity index (χ2v) is 5.28. The van der Waals surface area contributed by atoms with Gasteiger partial charge in [-0.05, 0) is 58.3 Å². The Morgan fingerprint density at radius 1 is 1.17 bits per heavy atom. The van der Waals surface area contributed by atoms with Crippen LogP contribution >= 0.6 is 22.6 Å². The first-order valence-electron chi connectivity index (χ1n) is 5.60. The molecule has 18 heavy (non-hydrogen) atoms. The van der Waals surface area contributed by atoms with Crippen molar-refractivity contribution in [3.8, 4) is 0 Å². The van der Waals surface area contributed by atoms with E-state index in [9.17, 15) is 4.39 Å². The van der Waals surface area contributed by atoms with Crippen LogP contribution < -0.4 is 11.3 Å². The van der Waals surface area contributed by atoms with E-state index < -0.39 is 0 Å². The molecule has 2 rings (SSSR count). The molecule has 0 aromatic heterocycles. The Labute approximate surface area is 120 Å². The van der Waals surface area contributed by atoms with E-state index in [2.05, 4.69) is 28.0 Å². The van der Waals surface area contributed by atoms with E-state index >= 15 is 0 Å². The molecule has 4 heteroatoms. The van der Waals surface area contributed by atoms with Crippen molar-refractivity contribution in [2.75, 3.05) is 0 Å². The highest BCUT2D eigenvalue weighted by Gasteiger charge is 2.17. The summed E-state index contributed by atoms with van der Waals surface area (Å²) in [5.41, 5.74) is 6.04. The van der Waals surface area contributed by atoms with Crippen LogP contribution in [0.2, 0.25) is 0 Å². The van der Waals surface area contributed by atoms with Crippen molar-refractivity contribution >= 4 is 22.6 Å². The number of hydrogen-bond donors (Lipinski definition) is 2. The van der Waals surface area contributed by atoms with Gasteiger partial charge in [0.2, 0.25) is 0 Å². The Kier molecular flexibility index (Phi) is 4.31. The molecule has 2 aromatic rings. The SMILES string of the molecule is Cc1ccccc1C(NN)c1ccc(F)cc1I. The zero-order chi connectivity index (χ0) is 13.1. The zero-order valence-electron chi connectivity index (χ0n) is 9.95. The van der Waals surface area contributed by atoms with Gasteiger partial charge in [-0.25, -0.2) is 9.82 Å². The number of rotatable bonds is 3. The second-order valence-electron chi connectivity index (χ2n) is 4.12. The normalized spacial score (nSPS) is 12.4. The molecule has 0 radical (unpaired) electrons. The summed E-state index contributed by atoms with van der Waals surface area (Å²) in [4.78, 5) is 0. The van der Waals surface area contributed by atoms with Crippen LogP contribution in [0.5, 0.6) is 0 Å². The molecule has 0 aliphatic heterocycles. The summed E-state index contributed by atoms with van der Waals surface area (Å²) in [7, 11) is 0. The molecular formula is C14H14FIN2. The van der Waals surface area contributed by atoms with E-state index in [1.54, 1.807) is 6.07 Å². The van der Waals surface area contributed by atoms with Gasteiger partial charge < -0.3 is 0 Å². The molecule has 0 amide bonds. The number of hydrogen-bond acceptors (Lipinski definition) is 2. The van der Waals surface area contributed by atoms with Crippen LogP contribution in [0.1, 0.15) is 22.7 Å². The first-order valence-corrected chi connectivity index (χ1v) is 6.68. The van der Waals surface area contributed by atoms with Gasteiger partial charge in [-0.1, -0.05) is 30.3 Å². The van der Waals surface area contributed by atoms with Crippen LogP contribution in [0.25, 0.3) is 0 Å². The predicted molar refractivity (Wildman–Crippen MR) is 79.5 cm³/mol. The number of hydrazine groups is 1. The number of benzene rings is 2. The molecule has 0 bridgehead atoms.